The van der Waals surface area contributed by atoms with Crippen LogP contribution in [0.1, 0.15) is 53.2 Å². The second kappa shape index (κ2) is 7.95. The van der Waals surface area contributed by atoms with Gasteiger partial charge in [0.1, 0.15) is 11.6 Å². The van der Waals surface area contributed by atoms with Gasteiger partial charge >= 0.3 is 0 Å². The molecule has 2 heterocycles. The van der Waals surface area contributed by atoms with Gasteiger partial charge in [-0.3, -0.25) is 0 Å². The predicted octanol–water partition coefficient (Wildman–Crippen LogP) is 4.99. The molecular weight excluding hydrogens is 512 g/mol. The minimum Gasteiger partial charge on any atom is -0.304 e. The number of rotatable bonds is 2. The summed E-state index contributed by atoms with van der Waals surface area (Å²) in [6, 6.07) is 15.0. The van der Waals surface area contributed by atoms with Crippen molar-refractivity contribution in [3.05, 3.63) is 60.3 Å². The number of nitrogens with zero attached hydrogens (tertiary/aromatic N) is 4. The van der Waals surface area contributed by atoms with E-state index in [0.29, 0.717) is 5.82 Å². The third-order valence-electron chi connectivity index (χ3n) is 3.98. The van der Waals surface area contributed by atoms with Crippen molar-refractivity contribution >= 4 is 0 Å². The third kappa shape index (κ3) is 5.06. The maximum Gasteiger partial charge on any atom is 0.164 e. The molecule has 0 aliphatic carbocycles. The van der Waals surface area contributed by atoms with E-state index < -0.39 is 0 Å². The zero-order chi connectivity index (χ0) is 18.9. The molecule has 0 saturated carbocycles. The number of benzene rings is 1. The minimum absolute atomic E-state index is 0. The van der Waals surface area contributed by atoms with Crippen molar-refractivity contribution in [2.24, 2.45) is 0 Å². The summed E-state index contributed by atoms with van der Waals surface area (Å²) in [6.07, 6.45) is 1.82. The zero-order valence-corrected chi connectivity index (χ0v) is 19.1. The van der Waals surface area contributed by atoms with Crippen LogP contribution in [0.2, 0.25) is 0 Å². The molecule has 2 aromatic heterocycles. The first kappa shape index (κ1) is 21.3. The molecule has 3 aromatic rings. The van der Waals surface area contributed by atoms with E-state index in [1.165, 1.54) is 0 Å². The van der Waals surface area contributed by atoms with Crippen LogP contribution >= 0.6 is 0 Å². The Kier molecular flexibility index (Phi) is 6.28. The van der Waals surface area contributed by atoms with E-state index >= 15 is 0 Å². The van der Waals surface area contributed by atoms with Gasteiger partial charge in [0.15, 0.2) is 5.82 Å². The van der Waals surface area contributed by atoms with Gasteiger partial charge in [0, 0.05) is 42.7 Å². The van der Waals surface area contributed by atoms with E-state index in [2.05, 4.69) is 52.6 Å². The topological polar surface area (TPSA) is 51.6 Å². The van der Waals surface area contributed by atoms with Crippen molar-refractivity contribution in [2.45, 2.75) is 52.4 Å². The summed E-state index contributed by atoms with van der Waals surface area (Å²) in [6.45, 7) is 12.7. The van der Waals surface area contributed by atoms with Crippen LogP contribution in [-0.4, -0.2) is 19.9 Å². The predicted molar refractivity (Wildman–Crippen MR) is 105 cm³/mol. The third-order valence-corrected chi connectivity index (χ3v) is 3.98. The Bertz CT molecular complexity index is 860. The summed E-state index contributed by atoms with van der Waals surface area (Å²) in [5.41, 5.74) is 2.45. The van der Waals surface area contributed by atoms with Crippen LogP contribution in [0.3, 0.4) is 0 Å². The molecule has 3 rings (SSSR count). The number of aromatic nitrogens is 4. The van der Waals surface area contributed by atoms with Gasteiger partial charge in [-0.1, -0.05) is 53.7 Å². The monoisotopic (exact) mass is 538 g/mol. The Morgan fingerprint density at radius 3 is 1.85 bits per heavy atom. The first-order valence-corrected chi connectivity index (χ1v) is 8.85. The SMILES string of the molecule is CC(C)(C)c1nc(-c2ccc(-c3[c-]cccc3)nc2)nc(C(C)(C)C)n1.[Ir]. The van der Waals surface area contributed by atoms with Crippen molar-refractivity contribution in [3.63, 3.8) is 0 Å². The van der Waals surface area contributed by atoms with Gasteiger partial charge in [0.25, 0.3) is 0 Å². The fourth-order valence-electron chi connectivity index (χ4n) is 2.41. The van der Waals surface area contributed by atoms with Gasteiger partial charge < -0.3 is 4.98 Å². The molecule has 5 heteroatoms. The molecule has 0 aliphatic rings. The van der Waals surface area contributed by atoms with Gasteiger partial charge in [0.05, 0.1) is 0 Å². The molecule has 0 unspecified atom stereocenters. The molecule has 0 amide bonds. The number of hydrogen-bond donors (Lipinski definition) is 0. The Morgan fingerprint density at radius 1 is 0.778 bits per heavy atom. The normalized spacial score (nSPS) is 11.8. The van der Waals surface area contributed by atoms with Crippen LogP contribution in [0.4, 0.5) is 0 Å². The second-order valence-electron chi connectivity index (χ2n) is 8.51. The van der Waals surface area contributed by atoms with E-state index in [-0.39, 0.29) is 30.9 Å². The van der Waals surface area contributed by atoms with Crippen molar-refractivity contribution in [1.82, 2.24) is 19.9 Å². The molecule has 0 aliphatic heterocycles. The fraction of sp³-hybridized carbons (Fsp3) is 0.364. The Morgan fingerprint density at radius 2 is 1.41 bits per heavy atom. The molecule has 0 bridgehead atoms. The molecule has 0 fully saturated rings. The number of pyridine rings is 1. The summed E-state index contributed by atoms with van der Waals surface area (Å²) >= 11 is 0. The van der Waals surface area contributed by atoms with Gasteiger partial charge in [0.2, 0.25) is 0 Å². The second-order valence-corrected chi connectivity index (χ2v) is 8.51. The van der Waals surface area contributed by atoms with E-state index in [1.54, 1.807) is 0 Å². The van der Waals surface area contributed by atoms with Crippen LogP contribution in [0.15, 0.2) is 42.6 Å². The molecule has 27 heavy (non-hydrogen) atoms. The van der Waals surface area contributed by atoms with Crippen molar-refractivity contribution in [1.29, 1.82) is 0 Å². The summed E-state index contributed by atoms with van der Waals surface area (Å²) < 4.78 is 0. The molecule has 1 aromatic carbocycles. The van der Waals surface area contributed by atoms with E-state index in [0.717, 1.165) is 28.5 Å². The van der Waals surface area contributed by atoms with Gasteiger partial charge in [-0.25, -0.2) is 15.0 Å². The molecule has 143 valence electrons. The zero-order valence-electron chi connectivity index (χ0n) is 16.7. The first-order chi connectivity index (χ1) is 12.1. The largest absolute Gasteiger partial charge is 0.304 e. The minimum atomic E-state index is -0.149. The van der Waals surface area contributed by atoms with E-state index in [9.17, 15) is 0 Å². The Labute approximate surface area is 175 Å². The maximum atomic E-state index is 4.72. The summed E-state index contributed by atoms with van der Waals surface area (Å²) in [7, 11) is 0. The fourth-order valence-corrected chi connectivity index (χ4v) is 2.41. The average Bonchev–Trinajstić information content (AvgIpc) is 2.61. The molecular formula is C22H25IrN4-. The van der Waals surface area contributed by atoms with Crippen molar-refractivity contribution in [3.8, 4) is 22.6 Å². The average molecular weight is 538 g/mol. The van der Waals surface area contributed by atoms with Crippen LogP contribution in [0, 0.1) is 6.07 Å². The van der Waals surface area contributed by atoms with Crippen molar-refractivity contribution in [2.75, 3.05) is 0 Å². The van der Waals surface area contributed by atoms with Gasteiger partial charge in [-0.15, -0.1) is 35.9 Å². The summed E-state index contributed by atoms with van der Waals surface area (Å²) in [4.78, 5) is 18.7. The van der Waals surface area contributed by atoms with Crippen LogP contribution in [0.5, 0.6) is 0 Å². The van der Waals surface area contributed by atoms with Crippen LogP contribution < -0.4 is 0 Å². The molecule has 0 spiro atoms. The van der Waals surface area contributed by atoms with E-state index in [4.69, 9.17) is 15.0 Å². The molecule has 1 radical (unpaired) electrons. The number of hydrogen-bond acceptors (Lipinski definition) is 4. The Hall–Kier alpha value is -1.97. The Balaban J connectivity index is 0.00000261. The van der Waals surface area contributed by atoms with E-state index in [1.807, 2.05) is 42.6 Å². The quantitative estimate of drug-likeness (QED) is 0.432. The molecule has 0 N–H and O–H groups in total. The van der Waals surface area contributed by atoms with Crippen molar-refractivity contribution < 1.29 is 20.1 Å². The molecule has 4 nitrogen and oxygen atoms in total. The van der Waals surface area contributed by atoms with Crippen LogP contribution in [-0.2, 0) is 30.9 Å². The molecule has 0 atom stereocenters. The van der Waals surface area contributed by atoms with Crippen LogP contribution in [0.25, 0.3) is 22.6 Å². The maximum absolute atomic E-state index is 4.72. The van der Waals surface area contributed by atoms with Gasteiger partial charge in [-0.05, 0) is 5.69 Å². The summed E-state index contributed by atoms with van der Waals surface area (Å²) in [5, 5.41) is 0. The molecule has 0 saturated heterocycles. The first-order valence-electron chi connectivity index (χ1n) is 8.85. The summed E-state index contributed by atoms with van der Waals surface area (Å²) in [5.74, 6) is 2.27. The van der Waals surface area contributed by atoms with Gasteiger partial charge in [-0.2, -0.15) is 0 Å². The standard InChI is InChI=1S/C22H25N4.Ir/c1-21(2,3)19-24-18(25-20(26-19)22(4,5)6)16-12-13-17(23-14-16)15-10-8-7-9-11-15;/h7-10,12-14H,1-6H3;/q-1;. The smallest absolute Gasteiger partial charge is 0.164 e.